The van der Waals surface area contributed by atoms with Gasteiger partial charge in [-0.15, -0.1) is 0 Å². The molecule has 6 aromatic heterocycles. The second-order valence-electron chi connectivity index (χ2n) is 28.6. The minimum atomic E-state index is -1.44. The van der Waals surface area contributed by atoms with Crippen molar-refractivity contribution in [3.05, 3.63) is 239 Å². The van der Waals surface area contributed by atoms with Gasteiger partial charge in [-0.25, -0.2) is 52.7 Å². The van der Waals surface area contributed by atoms with Crippen molar-refractivity contribution in [3.8, 4) is 33.8 Å². The summed E-state index contributed by atoms with van der Waals surface area (Å²) in [6.07, 6.45) is 10.3. The van der Waals surface area contributed by atoms with Crippen molar-refractivity contribution in [2.75, 3.05) is 63.1 Å². The number of aliphatic hydroxyl groups is 2. The van der Waals surface area contributed by atoms with Gasteiger partial charge in [-0.2, -0.15) is 15.3 Å². The summed E-state index contributed by atoms with van der Waals surface area (Å²) in [7, 11) is 0. The summed E-state index contributed by atoms with van der Waals surface area (Å²) in [6.45, 7) is 16.5. The number of aliphatic hydroxyl groups excluding tert-OH is 2. The van der Waals surface area contributed by atoms with E-state index in [2.05, 4.69) is 59.0 Å². The normalized spacial score (nSPS) is 15.7. The third-order valence-corrected chi connectivity index (χ3v) is 20.6. The quantitative estimate of drug-likeness (QED) is 0.0349. The number of fused-ring (bicyclic) bond motifs is 3. The first kappa shape index (κ1) is 79.5. The van der Waals surface area contributed by atoms with Crippen LogP contribution >= 0.6 is 0 Å². The summed E-state index contributed by atoms with van der Waals surface area (Å²) >= 11 is 0. The molecule has 11 N–H and O–H groups in total. The summed E-state index contributed by atoms with van der Waals surface area (Å²) in [6, 6.07) is 38.5. The predicted molar refractivity (Wildman–Crippen MR) is 431 cm³/mol. The van der Waals surface area contributed by atoms with E-state index in [4.69, 9.17) is 32.5 Å². The van der Waals surface area contributed by atoms with Crippen molar-refractivity contribution in [1.82, 2.24) is 89.9 Å². The number of likely N-dealkylation sites (tertiary alicyclic amines) is 3. The Bertz CT molecular complexity index is 5640. The molecule has 6 amide bonds. The summed E-state index contributed by atoms with van der Waals surface area (Å²) in [5, 5.41) is 44.2. The zero-order chi connectivity index (χ0) is 81.1. The monoisotopic (exact) mass is 1560 g/mol. The Morgan fingerprint density at radius 1 is 0.496 bits per heavy atom. The molecule has 1 unspecified atom stereocenters. The van der Waals surface area contributed by atoms with Crippen molar-refractivity contribution in [3.63, 3.8) is 0 Å². The third kappa shape index (κ3) is 17.9. The standard InChI is InChI=1S/C29H31N7O2.C28H31N7O4.C27H25F2N7O2/c1-4-24(37)35-11-5-6-23(16-35)36-28-25(27(30)32-17-33-28)26(34-36)21-9-7-20(8-10-21)15-31-29(38)22-13-18(2)12-19(3)14-22;1-17-5-2-3-7-21(17)27(38)30-13-18-8-10-19(11-9-18)24-23-25(29)31-16-32-26(23)35(33-24)20-6-4-12-34(14-20)28(39)22(37)15-36;1-2-22(37)35-11-3-4-19(14-35)36-26-23(25(30)32-15-33-26)24(34-36)17-7-5-16(6-8-17)13-31-27(38)20-12-18(28)9-10-21(20)29/h4,7-10,12-14,17,23H,1,5-6,11,15-16H2,2-3H3,(H,31,38)(H2,30,32,33);2-3,5,7-11,16,20,22,36-37H,4,6,12-15H2,1H3,(H,30,38)(H2,29,31,32);2,5-10,12,15,19H,1,3-4,11,13-14H2,(H,31,38)(H2,30,32,33)/t23-;20-,22?;19-/m111/s1. The Hall–Kier alpha value is -13.6. The van der Waals surface area contributed by atoms with Crippen LogP contribution in [0.5, 0.6) is 0 Å². The molecule has 29 nitrogen and oxygen atoms in total. The lowest BCUT2D eigenvalue weighted by atomic mass is 10.0. The Morgan fingerprint density at radius 2 is 0.878 bits per heavy atom. The number of anilines is 3. The molecule has 6 aromatic carbocycles. The second-order valence-corrected chi connectivity index (χ2v) is 28.6. The topological polar surface area (TPSA) is 398 Å². The molecular weight excluding hydrogens is 1470 g/mol. The summed E-state index contributed by atoms with van der Waals surface area (Å²) in [4.78, 5) is 105. The van der Waals surface area contributed by atoms with Crippen molar-refractivity contribution >= 4 is 86.0 Å². The number of hydrogen-bond donors (Lipinski definition) is 8. The number of amides is 6. The predicted octanol–water partition coefficient (Wildman–Crippen LogP) is 9.44. The molecule has 0 aliphatic carbocycles. The number of benzene rings is 6. The smallest absolute Gasteiger partial charge is 0.254 e. The van der Waals surface area contributed by atoms with Crippen LogP contribution in [0.4, 0.5) is 26.2 Å². The zero-order valence-electron chi connectivity index (χ0n) is 63.7. The Balaban J connectivity index is 0.000000150. The molecule has 0 saturated carbocycles. The molecule has 0 radical (unpaired) electrons. The molecule has 590 valence electrons. The Morgan fingerprint density at radius 3 is 1.28 bits per heavy atom. The molecule has 3 fully saturated rings. The van der Waals surface area contributed by atoms with Gasteiger partial charge in [0.05, 0.1) is 46.5 Å². The Labute approximate surface area is 660 Å². The molecule has 3 saturated heterocycles. The fourth-order valence-corrected chi connectivity index (χ4v) is 14.8. The van der Waals surface area contributed by atoms with Gasteiger partial charge in [0, 0.05) is 86.7 Å². The number of carbonyl (C=O) groups is 6. The number of nitrogens with two attached hydrogens (primary N) is 3. The van der Waals surface area contributed by atoms with Crippen LogP contribution in [0.25, 0.3) is 66.9 Å². The number of hydrogen-bond acceptors (Lipinski definition) is 20. The average Bonchev–Trinajstić information content (AvgIpc) is 1.62. The Kier molecular flexibility index (Phi) is 24.5. The third-order valence-electron chi connectivity index (χ3n) is 20.6. The van der Waals surface area contributed by atoms with Crippen LogP contribution in [0.15, 0.2) is 178 Å². The maximum absolute atomic E-state index is 13.9. The number of carbonyl (C=O) groups excluding carboxylic acids is 6. The second kappa shape index (κ2) is 35.4. The molecule has 115 heavy (non-hydrogen) atoms. The van der Waals surface area contributed by atoms with E-state index in [1.807, 2.05) is 127 Å². The van der Waals surface area contributed by atoms with Crippen LogP contribution in [0.2, 0.25) is 0 Å². The van der Waals surface area contributed by atoms with E-state index in [1.165, 1.54) is 31.1 Å². The van der Waals surface area contributed by atoms with Gasteiger partial charge in [0.1, 0.15) is 65.2 Å². The van der Waals surface area contributed by atoms with Gasteiger partial charge >= 0.3 is 0 Å². The van der Waals surface area contributed by atoms with Crippen molar-refractivity contribution in [2.24, 2.45) is 0 Å². The number of nitrogens with zero attached hydrogens (tertiary/aromatic N) is 15. The van der Waals surface area contributed by atoms with Gasteiger partial charge in [0.2, 0.25) is 11.8 Å². The van der Waals surface area contributed by atoms with E-state index in [0.29, 0.717) is 138 Å². The van der Waals surface area contributed by atoms with E-state index in [1.54, 1.807) is 37.6 Å². The SMILES string of the molecule is C=CC(=O)N1CCC[C@@H](n2nc(-c3ccc(CNC(=O)c4cc(C)cc(C)c4)cc3)c3c(N)ncnc32)C1.C=CC(=O)N1CCC[C@@H](n2nc(-c3ccc(CNC(=O)c4cc(F)ccc4F)cc3)c3c(N)ncnc32)C1.Cc1ccccc1C(=O)NCc1ccc(-c2nn([C@@H]3CCCN(C(=O)C(O)CO)C3)c3ncnc(N)c23)cc1. The largest absolute Gasteiger partial charge is 0.393 e. The molecule has 12 aromatic rings. The summed E-state index contributed by atoms with van der Waals surface area (Å²) < 4.78 is 32.8. The number of aromatic nitrogens is 12. The fourth-order valence-electron chi connectivity index (χ4n) is 14.8. The lowest BCUT2D eigenvalue weighted by Crippen LogP contribution is -2.46. The highest BCUT2D eigenvalue weighted by Gasteiger charge is 2.34. The van der Waals surface area contributed by atoms with E-state index >= 15 is 0 Å². The molecule has 31 heteroatoms. The lowest BCUT2D eigenvalue weighted by Gasteiger charge is -2.33. The number of halogens is 2. The number of rotatable bonds is 19. The van der Waals surface area contributed by atoms with Crippen LogP contribution in [0, 0.1) is 32.4 Å². The van der Waals surface area contributed by atoms with E-state index in [0.717, 1.165) is 100 Å². The van der Waals surface area contributed by atoms with Gasteiger partial charge in [-0.05, 0) is 130 Å². The minimum absolute atomic E-state index is 0.0297. The van der Waals surface area contributed by atoms with Crippen LogP contribution in [-0.2, 0) is 34.0 Å². The van der Waals surface area contributed by atoms with Gasteiger partial charge in [-0.1, -0.05) is 121 Å². The highest BCUT2D eigenvalue weighted by atomic mass is 19.1. The van der Waals surface area contributed by atoms with Gasteiger partial charge in [0.25, 0.3) is 23.6 Å². The van der Waals surface area contributed by atoms with E-state index in [-0.39, 0.29) is 53.9 Å². The number of nitrogen functional groups attached to an aromatic ring is 3. The maximum Gasteiger partial charge on any atom is 0.254 e. The van der Waals surface area contributed by atoms with Crippen LogP contribution in [0.1, 0.15) is 121 Å². The number of piperidine rings is 3. The fraction of sp³-hybridized carbons (Fsp3) is 0.274. The summed E-state index contributed by atoms with van der Waals surface area (Å²) in [5.74, 6) is -2.18. The van der Waals surface area contributed by atoms with Crippen LogP contribution < -0.4 is 33.2 Å². The molecule has 3 aliphatic heterocycles. The molecule has 0 bridgehead atoms. The molecular formula is C84H87F2N21O8. The maximum atomic E-state index is 13.9. The number of aryl methyl sites for hydroxylation is 3. The van der Waals surface area contributed by atoms with Crippen LogP contribution in [-0.4, -0.2) is 172 Å². The van der Waals surface area contributed by atoms with E-state index < -0.39 is 36.2 Å². The van der Waals surface area contributed by atoms with Gasteiger partial charge in [-0.3, -0.25) is 28.8 Å². The zero-order valence-corrected chi connectivity index (χ0v) is 63.7. The lowest BCUT2D eigenvalue weighted by molar-refractivity contribution is -0.143. The van der Waals surface area contributed by atoms with Gasteiger partial charge < -0.3 is 58.1 Å². The van der Waals surface area contributed by atoms with E-state index in [9.17, 15) is 47.8 Å². The first-order chi connectivity index (χ1) is 55.6. The number of nitrogens with one attached hydrogen (secondary N) is 3. The first-order valence-electron chi connectivity index (χ1n) is 37.6. The van der Waals surface area contributed by atoms with Crippen molar-refractivity contribution < 1.29 is 47.8 Å². The van der Waals surface area contributed by atoms with Crippen molar-refractivity contribution in [2.45, 2.75) is 103 Å². The highest BCUT2D eigenvalue weighted by Crippen LogP contribution is 2.38. The molecule has 9 heterocycles. The first-order valence-corrected chi connectivity index (χ1v) is 37.6. The average molecular weight is 1560 g/mol. The molecule has 4 atom stereocenters. The molecule has 15 rings (SSSR count). The van der Waals surface area contributed by atoms with Crippen molar-refractivity contribution in [1.29, 1.82) is 0 Å². The minimum Gasteiger partial charge on any atom is -0.393 e. The summed E-state index contributed by atoms with van der Waals surface area (Å²) in [5.41, 5.74) is 31.6. The van der Waals surface area contributed by atoms with Crippen LogP contribution in [0.3, 0.4) is 0 Å². The van der Waals surface area contributed by atoms with Gasteiger partial charge in [0.15, 0.2) is 23.0 Å². The molecule has 3 aliphatic rings. The highest BCUT2D eigenvalue weighted by molar-refractivity contribution is 6.01. The molecule has 0 spiro atoms.